The van der Waals surface area contributed by atoms with Crippen molar-refractivity contribution in [2.75, 3.05) is 18.5 Å². The third-order valence-electron chi connectivity index (χ3n) is 5.70. The molecule has 1 heterocycles. The third-order valence-corrected chi connectivity index (χ3v) is 6.79. The number of hydrogen-bond donors (Lipinski definition) is 2. The number of ether oxygens (including phenoxy) is 1. The number of para-hydroxylation sites is 1. The molecule has 7 heteroatoms. The number of rotatable bonds is 6. The Bertz CT molecular complexity index is 1010. The predicted octanol–water partition coefficient (Wildman–Crippen LogP) is 5.45. The van der Waals surface area contributed by atoms with Crippen LogP contribution in [-0.2, 0) is 9.53 Å². The predicted molar refractivity (Wildman–Crippen MR) is 124 cm³/mol. The number of anilines is 1. The summed E-state index contributed by atoms with van der Waals surface area (Å²) >= 11 is 1.66. The zero-order valence-corrected chi connectivity index (χ0v) is 18.4. The van der Waals surface area contributed by atoms with Crippen molar-refractivity contribution < 1.29 is 14.3 Å². The van der Waals surface area contributed by atoms with E-state index in [2.05, 4.69) is 21.7 Å². The molecule has 1 aliphatic rings. The Balaban J connectivity index is 1.24. The molecule has 3 aromatic rings. The Labute approximate surface area is 186 Å². The Morgan fingerprint density at radius 3 is 2.52 bits per heavy atom. The molecule has 0 spiro atoms. The number of fused-ring (bicyclic) bond motifs is 1. The van der Waals surface area contributed by atoms with Crippen molar-refractivity contribution in [1.29, 1.82) is 0 Å². The molecule has 0 atom stereocenters. The number of hydrogen-bond acceptors (Lipinski definition) is 5. The summed E-state index contributed by atoms with van der Waals surface area (Å²) in [4.78, 5) is 28.8. The van der Waals surface area contributed by atoms with E-state index in [1.807, 2.05) is 49.4 Å². The lowest BCUT2D eigenvalue weighted by Crippen LogP contribution is -2.35. The minimum Gasteiger partial charge on any atom is -0.466 e. The number of benzene rings is 2. The Hall–Kier alpha value is -2.93. The number of aromatic nitrogens is 1. The molecule has 0 aliphatic heterocycles. The lowest BCUT2D eigenvalue weighted by Gasteiger charge is -2.27. The number of urea groups is 1. The number of carbonyl (C=O) groups is 2. The molecule has 2 amide bonds. The van der Waals surface area contributed by atoms with Gasteiger partial charge in [-0.25, -0.2) is 9.78 Å². The van der Waals surface area contributed by atoms with Crippen LogP contribution in [0.4, 0.5) is 10.5 Å². The van der Waals surface area contributed by atoms with E-state index in [0.717, 1.165) is 52.2 Å². The molecule has 1 aromatic heterocycles. The van der Waals surface area contributed by atoms with Crippen LogP contribution in [0.2, 0.25) is 0 Å². The van der Waals surface area contributed by atoms with Crippen molar-refractivity contribution in [3.63, 3.8) is 0 Å². The fourth-order valence-corrected chi connectivity index (χ4v) is 4.94. The highest BCUT2D eigenvalue weighted by Gasteiger charge is 2.27. The summed E-state index contributed by atoms with van der Waals surface area (Å²) in [6.45, 7) is 2.88. The van der Waals surface area contributed by atoms with Gasteiger partial charge in [0.1, 0.15) is 5.01 Å². The lowest BCUT2D eigenvalue weighted by molar-refractivity contribution is -0.149. The summed E-state index contributed by atoms with van der Waals surface area (Å²) in [6, 6.07) is 15.6. The topological polar surface area (TPSA) is 80.3 Å². The largest absolute Gasteiger partial charge is 0.466 e. The van der Waals surface area contributed by atoms with Crippen LogP contribution in [0.3, 0.4) is 0 Å². The first-order chi connectivity index (χ1) is 15.1. The summed E-state index contributed by atoms with van der Waals surface area (Å²) in [6.07, 6.45) is 3.53. The first-order valence-electron chi connectivity index (χ1n) is 10.8. The molecule has 0 unspecified atom stereocenters. The van der Waals surface area contributed by atoms with Crippen LogP contribution in [0.1, 0.15) is 32.6 Å². The highest BCUT2D eigenvalue weighted by Crippen LogP contribution is 2.31. The first-order valence-corrected chi connectivity index (χ1v) is 11.6. The SMILES string of the molecule is CCOC(=O)C1CCC(CNC(=O)Nc2ccc(-c3nc4ccccc4s3)cc2)CC1. The quantitative estimate of drug-likeness (QED) is 0.502. The van der Waals surface area contributed by atoms with Gasteiger partial charge in [-0.3, -0.25) is 4.79 Å². The fraction of sp³-hybridized carbons (Fsp3) is 0.375. The number of thiazole rings is 1. The summed E-state index contributed by atoms with van der Waals surface area (Å²) in [5.74, 6) is 0.331. The van der Waals surface area contributed by atoms with Crippen LogP contribution >= 0.6 is 11.3 Å². The van der Waals surface area contributed by atoms with Gasteiger partial charge in [0.2, 0.25) is 0 Å². The number of nitrogens with one attached hydrogen (secondary N) is 2. The summed E-state index contributed by atoms with van der Waals surface area (Å²) < 4.78 is 6.27. The summed E-state index contributed by atoms with van der Waals surface area (Å²) in [5, 5.41) is 6.82. The average molecular weight is 438 g/mol. The Morgan fingerprint density at radius 1 is 1.06 bits per heavy atom. The van der Waals surface area contributed by atoms with E-state index in [-0.39, 0.29) is 17.9 Å². The molecule has 162 valence electrons. The van der Waals surface area contributed by atoms with Gasteiger partial charge in [-0.15, -0.1) is 11.3 Å². The van der Waals surface area contributed by atoms with Gasteiger partial charge in [-0.05, 0) is 74.9 Å². The molecule has 4 rings (SSSR count). The van der Waals surface area contributed by atoms with Crippen molar-refractivity contribution >= 4 is 39.2 Å². The normalized spacial score (nSPS) is 18.5. The smallest absolute Gasteiger partial charge is 0.319 e. The number of amides is 2. The maximum absolute atomic E-state index is 12.3. The fourth-order valence-electron chi connectivity index (χ4n) is 3.97. The van der Waals surface area contributed by atoms with Gasteiger partial charge >= 0.3 is 12.0 Å². The van der Waals surface area contributed by atoms with E-state index < -0.39 is 0 Å². The molecule has 1 aliphatic carbocycles. The van der Waals surface area contributed by atoms with Gasteiger partial charge in [-0.2, -0.15) is 0 Å². The molecule has 2 N–H and O–H groups in total. The zero-order valence-electron chi connectivity index (χ0n) is 17.6. The van der Waals surface area contributed by atoms with E-state index in [1.54, 1.807) is 11.3 Å². The van der Waals surface area contributed by atoms with Crippen molar-refractivity contribution in [2.24, 2.45) is 11.8 Å². The van der Waals surface area contributed by atoms with Crippen molar-refractivity contribution in [3.8, 4) is 10.6 Å². The second-order valence-electron chi connectivity index (χ2n) is 7.87. The highest BCUT2D eigenvalue weighted by atomic mass is 32.1. The molecule has 31 heavy (non-hydrogen) atoms. The van der Waals surface area contributed by atoms with Gasteiger partial charge in [0.05, 0.1) is 22.7 Å². The third kappa shape index (κ3) is 5.41. The molecule has 0 bridgehead atoms. The van der Waals surface area contributed by atoms with E-state index in [9.17, 15) is 9.59 Å². The minimum atomic E-state index is -0.208. The van der Waals surface area contributed by atoms with E-state index in [4.69, 9.17) is 4.74 Å². The maximum Gasteiger partial charge on any atom is 0.319 e. The maximum atomic E-state index is 12.3. The van der Waals surface area contributed by atoms with Gasteiger partial charge < -0.3 is 15.4 Å². The van der Waals surface area contributed by atoms with Crippen LogP contribution in [0, 0.1) is 11.8 Å². The molecular weight excluding hydrogens is 410 g/mol. The van der Waals surface area contributed by atoms with Crippen molar-refractivity contribution in [3.05, 3.63) is 48.5 Å². The number of esters is 1. The minimum absolute atomic E-state index is 0.0129. The lowest BCUT2D eigenvalue weighted by atomic mass is 9.82. The molecule has 2 aromatic carbocycles. The molecular formula is C24H27N3O3S. The van der Waals surface area contributed by atoms with Crippen LogP contribution in [0.5, 0.6) is 0 Å². The highest BCUT2D eigenvalue weighted by molar-refractivity contribution is 7.21. The van der Waals surface area contributed by atoms with Gasteiger partial charge in [-0.1, -0.05) is 12.1 Å². The monoisotopic (exact) mass is 437 g/mol. The number of carbonyl (C=O) groups excluding carboxylic acids is 2. The van der Waals surface area contributed by atoms with Gasteiger partial charge in [0.15, 0.2) is 0 Å². The van der Waals surface area contributed by atoms with E-state index in [0.29, 0.717) is 19.1 Å². The molecule has 1 fully saturated rings. The second-order valence-corrected chi connectivity index (χ2v) is 8.90. The van der Waals surface area contributed by atoms with Gasteiger partial charge in [0.25, 0.3) is 0 Å². The van der Waals surface area contributed by atoms with E-state index in [1.165, 1.54) is 0 Å². The van der Waals surface area contributed by atoms with Crippen molar-refractivity contribution in [1.82, 2.24) is 10.3 Å². The Kier molecular flexibility index (Phi) is 6.82. The van der Waals surface area contributed by atoms with Crippen LogP contribution in [0.25, 0.3) is 20.8 Å². The van der Waals surface area contributed by atoms with Crippen LogP contribution < -0.4 is 10.6 Å². The van der Waals surface area contributed by atoms with Crippen molar-refractivity contribution in [2.45, 2.75) is 32.6 Å². The molecule has 0 saturated heterocycles. The second kappa shape index (κ2) is 9.92. The Morgan fingerprint density at radius 2 is 1.81 bits per heavy atom. The molecule has 0 radical (unpaired) electrons. The van der Waals surface area contributed by atoms with Crippen LogP contribution in [0.15, 0.2) is 48.5 Å². The first kappa shape index (κ1) is 21.3. The molecule has 6 nitrogen and oxygen atoms in total. The average Bonchev–Trinajstić information content (AvgIpc) is 3.23. The van der Waals surface area contributed by atoms with E-state index >= 15 is 0 Å². The van der Waals surface area contributed by atoms with Crippen LogP contribution in [-0.4, -0.2) is 30.1 Å². The standard InChI is InChI=1S/C24H27N3O3S/c1-2-30-23(28)18-9-7-16(8-10-18)15-25-24(29)26-19-13-11-17(12-14-19)22-27-20-5-3-4-6-21(20)31-22/h3-6,11-14,16,18H,2,7-10,15H2,1H3,(H2,25,26,29). The number of nitrogens with zero attached hydrogens (tertiary/aromatic N) is 1. The summed E-state index contributed by atoms with van der Waals surface area (Å²) in [5.41, 5.74) is 2.78. The van der Waals surface area contributed by atoms with Gasteiger partial charge in [0, 0.05) is 17.8 Å². The summed E-state index contributed by atoms with van der Waals surface area (Å²) in [7, 11) is 0. The zero-order chi connectivity index (χ0) is 21.6. The molecule has 1 saturated carbocycles.